The Bertz CT molecular complexity index is 245. The molecule has 0 bridgehead atoms. The largest absolute Gasteiger partial charge is 0.390 e. The van der Waals surface area contributed by atoms with Crippen molar-refractivity contribution in [1.29, 1.82) is 0 Å². The van der Waals surface area contributed by atoms with Gasteiger partial charge in [0, 0.05) is 19.1 Å². The zero-order chi connectivity index (χ0) is 8.27. The Hall–Kier alpha value is -0.890. The summed E-state index contributed by atoms with van der Waals surface area (Å²) in [6.45, 7) is 5.00. The fourth-order valence-corrected chi connectivity index (χ4v) is 1.14. The Morgan fingerprint density at radius 3 is 2.73 bits per heavy atom. The van der Waals surface area contributed by atoms with Crippen LogP contribution in [0.15, 0.2) is 18.3 Å². The van der Waals surface area contributed by atoms with Crippen molar-refractivity contribution in [2.45, 2.75) is 20.4 Å². The highest BCUT2D eigenvalue weighted by molar-refractivity contribution is 5.08. The number of hydrogen-bond donors (Lipinski definition) is 1. The van der Waals surface area contributed by atoms with E-state index in [1.54, 1.807) is 0 Å². The summed E-state index contributed by atoms with van der Waals surface area (Å²) in [5.74, 6) is 0. The van der Waals surface area contributed by atoms with E-state index in [0.29, 0.717) is 6.54 Å². The zero-order valence-corrected chi connectivity index (χ0v) is 7.04. The first-order valence-electron chi connectivity index (χ1n) is 3.81. The van der Waals surface area contributed by atoms with E-state index >= 15 is 0 Å². The number of aliphatic hydroxyl groups is 1. The Balaban J connectivity index is 2.90. The van der Waals surface area contributed by atoms with Crippen LogP contribution >= 0.6 is 0 Å². The molecule has 2 nitrogen and oxygen atoms in total. The molecule has 1 aromatic rings. The first-order valence-corrected chi connectivity index (χ1v) is 3.81. The van der Waals surface area contributed by atoms with Gasteiger partial charge in [-0.05, 0) is 12.5 Å². The predicted octanol–water partition coefficient (Wildman–Crippen LogP) is 0.583. The number of aromatic nitrogens is 1. The Morgan fingerprint density at radius 2 is 2.18 bits per heavy atom. The van der Waals surface area contributed by atoms with Gasteiger partial charge < -0.3 is 5.11 Å². The summed E-state index contributed by atoms with van der Waals surface area (Å²) < 4.78 is 2.03. The lowest BCUT2D eigenvalue weighted by Crippen LogP contribution is -2.38. The van der Waals surface area contributed by atoms with Crippen LogP contribution in [0, 0.1) is 13.8 Å². The van der Waals surface area contributed by atoms with E-state index in [0.717, 1.165) is 0 Å². The molecule has 1 rings (SSSR count). The van der Waals surface area contributed by atoms with Crippen LogP contribution in [-0.2, 0) is 6.54 Å². The smallest absolute Gasteiger partial charge is 0.178 e. The van der Waals surface area contributed by atoms with Gasteiger partial charge in [-0.15, -0.1) is 0 Å². The summed E-state index contributed by atoms with van der Waals surface area (Å²) >= 11 is 0. The molecule has 60 valence electrons. The van der Waals surface area contributed by atoms with E-state index in [1.165, 1.54) is 11.3 Å². The molecule has 2 heteroatoms. The minimum absolute atomic E-state index is 0.203. The van der Waals surface area contributed by atoms with E-state index in [-0.39, 0.29) is 6.61 Å². The van der Waals surface area contributed by atoms with Crippen molar-refractivity contribution in [1.82, 2.24) is 0 Å². The highest BCUT2D eigenvalue weighted by atomic mass is 16.3. The number of nitrogens with zero attached hydrogens (tertiary/aromatic N) is 1. The minimum Gasteiger partial charge on any atom is -0.390 e. The van der Waals surface area contributed by atoms with Gasteiger partial charge in [0.25, 0.3) is 0 Å². The number of hydrogen-bond acceptors (Lipinski definition) is 1. The molecule has 1 heterocycles. The number of aryl methyl sites for hydroxylation is 2. The van der Waals surface area contributed by atoms with Crippen LogP contribution in [0.2, 0.25) is 0 Å². The molecule has 0 aliphatic heterocycles. The maximum atomic E-state index is 8.69. The van der Waals surface area contributed by atoms with E-state index in [9.17, 15) is 0 Å². The Morgan fingerprint density at radius 1 is 1.45 bits per heavy atom. The van der Waals surface area contributed by atoms with Gasteiger partial charge in [-0.1, -0.05) is 0 Å². The van der Waals surface area contributed by atoms with Crippen molar-refractivity contribution in [2.75, 3.05) is 6.61 Å². The fourth-order valence-electron chi connectivity index (χ4n) is 1.14. The molecule has 11 heavy (non-hydrogen) atoms. The lowest BCUT2D eigenvalue weighted by Gasteiger charge is -1.98. The molecule has 0 saturated heterocycles. The van der Waals surface area contributed by atoms with Crippen LogP contribution in [0.1, 0.15) is 11.3 Å². The summed E-state index contributed by atoms with van der Waals surface area (Å²) in [6, 6.07) is 4.15. The quantitative estimate of drug-likeness (QED) is 0.616. The molecule has 0 aliphatic rings. The van der Waals surface area contributed by atoms with Crippen LogP contribution in [-0.4, -0.2) is 11.7 Å². The molecule has 0 spiro atoms. The van der Waals surface area contributed by atoms with Gasteiger partial charge in [0.15, 0.2) is 18.4 Å². The number of rotatable bonds is 2. The minimum atomic E-state index is 0.203. The highest BCUT2D eigenvalue weighted by Gasteiger charge is 2.03. The van der Waals surface area contributed by atoms with Crippen LogP contribution in [0.25, 0.3) is 0 Å². The van der Waals surface area contributed by atoms with E-state index in [1.807, 2.05) is 23.8 Å². The molecule has 0 saturated carbocycles. The molecule has 0 radical (unpaired) electrons. The molecule has 0 aliphatic carbocycles. The van der Waals surface area contributed by atoms with Crippen molar-refractivity contribution in [3.05, 3.63) is 29.6 Å². The number of aliphatic hydroxyl groups excluding tert-OH is 1. The van der Waals surface area contributed by atoms with Gasteiger partial charge >= 0.3 is 0 Å². The van der Waals surface area contributed by atoms with Crippen molar-refractivity contribution in [2.24, 2.45) is 0 Å². The molecule has 0 aromatic carbocycles. The van der Waals surface area contributed by atoms with Gasteiger partial charge in [-0.25, -0.2) is 4.57 Å². The van der Waals surface area contributed by atoms with Crippen molar-refractivity contribution in [3.63, 3.8) is 0 Å². The zero-order valence-electron chi connectivity index (χ0n) is 7.04. The lowest BCUT2D eigenvalue weighted by molar-refractivity contribution is -0.704. The summed E-state index contributed by atoms with van der Waals surface area (Å²) in [5.41, 5.74) is 2.45. The Kier molecular flexibility index (Phi) is 2.60. The average Bonchev–Trinajstić information content (AvgIpc) is 1.95. The third-order valence-corrected chi connectivity index (χ3v) is 1.75. The third kappa shape index (κ3) is 2.02. The first-order chi connectivity index (χ1) is 5.24. The van der Waals surface area contributed by atoms with Gasteiger partial charge in [-0.2, -0.15) is 0 Å². The molecule has 0 atom stereocenters. The second kappa shape index (κ2) is 3.49. The van der Waals surface area contributed by atoms with Gasteiger partial charge in [0.2, 0.25) is 0 Å². The van der Waals surface area contributed by atoms with E-state index in [4.69, 9.17) is 5.11 Å². The normalized spacial score (nSPS) is 10.1. The van der Waals surface area contributed by atoms with Gasteiger partial charge in [-0.3, -0.25) is 0 Å². The maximum absolute atomic E-state index is 8.69. The maximum Gasteiger partial charge on any atom is 0.178 e. The second-order valence-corrected chi connectivity index (χ2v) is 2.76. The van der Waals surface area contributed by atoms with Crippen molar-refractivity contribution in [3.8, 4) is 0 Å². The second-order valence-electron chi connectivity index (χ2n) is 2.76. The predicted molar refractivity (Wildman–Crippen MR) is 43.2 cm³/mol. The topological polar surface area (TPSA) is 24.1 Å². The van der Waals surface area contributed by atoms with E-state index in [2.05, 4.69) is 13.0 Å². The van der Waals surface area contributed by atoms with Gasteiger partial charge in [0.05, 0.1) is 0 Å². The SMILES string of the molecule is Cc1cc[n+](CCO)c(C)c1. The average molecular weight is 152 g/mol. The van der Waals surface area contributed by atoms with Crippen molar-refractivity contribution < 1.29 is 9.67 Å². The van der Waals surface area contributed by atoms with Crippen LogP contribution < -0.4 is 4.57 Å². The molecule has 0 unspecified atom stereocenters. The number of pyridine rings is 1. The highest BCUT2D eigenvalue weighted by Crippen LogP contribution is 1.95. The monoisotopic (exact) mass is 152 g/mol. The lowest BCUT2D eigenvalue weighted by atomic mass is 10.2. The van der Waals surface area contributed by atoms with E-state index < -0.39 is 0 Å². The molecule has 0 amide bonds. The summed E-state index contributed by atoms with van der Waals surface area (Å²) in [7, 11) is 0. The molecule has 0 fully saturated rings. The summed E-state index contributed by atoms with van der Waals surface area (Å²) in [5, 5.41) is 8.69. The standard InChI is InChI=1S/C9H14NO/c1-8-3-4-10(5-6-11)9(2)7-8/h3-4,7,11H,5-6H2,1-2H3/q+1. The molecule has 1 N–H and O–H groups in total. The fraction of sp³-hybridized carbons (Fsp3) is 0.444. The molecular formula is C9H14NO+. The van der Waals surface area contributed by atoms with Crippen LogP contribution in [0.5, 0.6) is 0 Å². The Labute approximate surface area is 67.1 Å². The van der Waals surface area contributed by atoms with Crippen molar-refractivity contribution >= 4 is 0 Å². The summed E-state index contributed by atoms with van der Waals surface area (Å²) in [6.07, 6.45) is 2.00. The van der Waals surface area contributed by atoms with Crippen LogP contribution in [0.3, 0.4) is 0 Å². The molecule has 1 aromatic heterocycles. The third-order valence-electron chi connectivity index (χ3n) is 1.75. The van der Waals surface area contributed by atoms with Crippen LogP contribution in [0.4, 0.5) is 0 Å². The van der Waals surface area contributed by atoms with Gasteiger partial charge in [0.1, 0.15) is 6.61 Å². The first kappa shape index (κ1) is 8.21. The molecular weight excluding hydrogens is 138 g/mol. The summed E-state index contributed by atoms with van der Waals surface area (Å²) in [4.78, 5) is 0.